The van der Waals surface area contributed by atoms with Crippen molar-refractivity contribution in [3.63, 3.8) is 0 Å². The van der Waals surface area contributed by atoms with Crippen molar-refractivity contribution < 1.29 is 18.0 Å². The van der Waals surface area contributed by atoms with Gasteiger partial charge in [-0.05, 0) is 39.2 Å². The molecule has 1 rings (SSSR count). The highest BCUT2D eigenvalue weighted by molar-refractivity contribution is 5.76. The van der Waals surface area contributed by atoms with E-state index in [1.54, 1.807) is 0 Å². The van der Waals surface area contributed by atoms with Crippen LogP contribution in [0.25, 0.3) is 0 Å². The number of hydrogen-bond acceptors (Lipinski definition) is 3. The Bertz CT molecular complexity index is 475. The van der Waals surface area contributed by atoms with E-state index in [4.69, 9.17) is 0 Å². The smallest absolute Gasteiger partial charge is 0.384 e. The molecular formula is C15H22F3N3O. The van der Waals surface area contributed by atoms with E-state index in [2.05, 4.69) is 10.6 Å². The summed E-state index contributed by atoms with van der Waals surface area (Å²) in [6, 6.07) is 5.24. The molecule has 124 valence electrons. The van der Waals surface area contributed by atoms with Crippen LogP contribution >= 0.6 is 0 Å². The van der Waals surface area contributed by atoms with Crippen LogP contribution in [0, 0.1) is 0 Å². The van der Waals surface area contributed by atoms with Gasteiger partial charge in [-0.2, -0.15) is 13.2 Å². The molecular weight excluding hydrogens is 295 g/mol. The Morgan fingerprint density at radius 2 is 1.86 bits per heavy atom. The number of rotatable bonds is 8. The molecule has 7 heteroatoms. The zero-order chi connectivity index (χ0) is 16.6. The Morgan fingerprint density at radius 1 is 1.18 bits per heavy atom. The van der Waals surface area contributed by atoms with Crippen LogP contribution in [0.1, 0.15) is 18.4 Å². The van der Waals surface area contributed by atoms with Crippen LogP contribution < -0.4 is 10.6 Å². The van der Waals surface area contributed by atoms with Gasteiger partial charge in [-0.1, -0.05) is 12.1 Å². The van der Waals surface area contributed by atoms with Crippen LogP contribution in [0.2, 0.25) is 0 Å². The van der Waals surface area contributed by atoms with Gasteiger partial charge in [0.05, 0.1) is 5.56 Å². The molecule has 2 N–H and O–H groups in total. The molecule has 0 unspecified atom stereocenters. The minimum Gasteiger partial charge on any atom is -0.384 e. The first-order chi connectivity index (χ1) is 10.3. The molecule has 0 heterocycles. The summed E-state index contributed by atoms with van der Waals surface area (Å²) >= 11 is 0. The second-order valence-electron chi connectivity index (χ2n) is 5.23. The van der Waals surface area contributed by atoms with Crippen molar-refractivity contribution >= 4 is 11.6 Å². The third-order valence-electron chi connectivity index (χ3n) is 3.00. The Balaban J connectivity index is 2.34. The Labute approximate surface area is 128 Å². The fraction of sp³-hybridized carbons (Fsp3) is 0.533. The molecule has 0 aliphatic heterocycles. The quantitative estimate of drug-likeness (QED) is 0.724. The number of halogens is 3. The second-order valence-corrected chi connectivity index (χ2v) is 5.23. The minimum absolute atomic E-state index is 0.00425. The summed E-state index contributed by atoms with van der Waals surface area (Å²) in [5.74, 6) is -0.171. The van der Waals surface area contributed by atoms with E-state index in [0.717, 1.165) is 19.0 Å². The summed E-state index contributed by atoms with van der Waals surface area (Å²) in [4.78, 5) is 13.6. The molecule has 0 saturated heterocycles. The lowest BCUT2D eigenvalue weighted by atomic mass is 10.1. The van der Waals surface area contributed by atoms with E-state index < -0.39 is 11.7 Å². The second kappa shape index (κ2) is 8.63. The van der Waals surface area contributed by atoms with Crippen molar-refractivity contribution in [1.82, 2.24) is 10.2 Å². The molecule has 4 nitrogen and oxygen atoms in total. The number of amides is 1. The van der Waals surface area contributed by atoms with Crippen molar-refractivity contribution in [3.05, 3.63) is 29.8 Å². The van der Waals surface area contributed by atoms with Crippen molar-refractivity contribution in [2.24, 2.45) is 0 Å². The number of anilines is 1. The lowest BCUT2D eigenvalue weighted by Crippen LogP contribution is -2.28. The fourth-order valence-electron chi connectivity index (χ4n) is 1.91. The van der Waals surface area contributed by atoms with Gasteiger partial charge < -0.3 is 15.5 Å². The molecule has 0 radical (unpaired) electrons. The van der Waals surface area contributed by atoms with Crippen LogP contribution in [-0.2, 0) is 11.0 Å². The number of carbonyl (C=O) groups excluding carboxylic acids is 1. The van der Waals surface area contributed by atoms with E-state index in [-0.39, 0.29) is 24.6 Å². The number of benzene rings is 1. The number of carbonyl (C=O) groups is 1. The van der Waals surface area contributed by atoms with Gasteiger partial charge in [0.25, 0.3) is 0 Å². The third-order valence-corrected chi connectivity index (χ3v) is 3.00. The highest BCUT2D eigenvalue weighted by Gasteiger charge is 2.32. The molecule has 1 amide bonds. The van der Waals surface area contributed by atoms with Gasteiger partial charge in [0.15, 0.2) is 0 Å². The standard InChI is InChI=1S/C15H22F3N3O/c1-21(2)11-5-9-20-14(22)8-10-19-13-7-4-3-6-12(13)15(16,17)18/h3-4,6-7,19H,5,8-11H2,1-2H3,(H,20,22). The molecule has 1 aromatic carbocycles. The average molecular weight is 317 g/mol. The van der Waals surface area contributed by atoms with Crippen molar-refractivity contribution in [2.75, 3.05) is 39.0 Å². The van der Waals surface area contributed by atoms with Gasteiger partial charge in [-0.3, -0.25) is 4.79 Å². The Morgan fingerprint density at radius 3 is 2.50 bits per heavy atom. The number of para-hydroxylation sites is 1. The molecule has 0 saturated carbocycles. The van der Waals surface area contributed by atoms with Crippen molar-refractivity contribution in [1.29, 1.82) is 0 Å². The Hall–Kier alpha value is -1.76. The number of hydrogen-bond donors (Lipinski definition) is 2. The first-order valence-corrected chi connectivity index (χ1v) is 7.12. The molecule has 0 aliphatic rings. The average Bonchev–Trinajstić information content (AvgIpc) is 2.43. The molecule has 0 aliphatic carbocycles. The third kappa shape index (κ3) is 6.80. The summed E-state index contributed by atoms with van der Waals surface area (Å²) in [6.45, 7) is 1.60. The number of nitrogens with one attached hydrogen (secondary N) is 2. The molecule has 0 spiro atoms. The van der Waals surface area contributed by atoms with Gasteiger partial charge in [0, 0.05) is 25.2 Å². The predicted molar refractivity (Wildman–Crippen MR) is 80.7 cm³/mol. The first-order valence-electron chi connectivity index (χ1n) is 7.12. The summed E-state index contributed by atoms with van der Waals surface area (Å²) in [5.41, 5.74) is -0.725. The summed E-state index contributed by atoms with van der Waals surface area (Å²) in [5, 5.41) is 5.41. The minimum atomic E-state index is -4.40. The van der Waals surface area contributed by atoms with E-state index in [9.17, 15) is 18.0 Å². The molecule has 0 atom stereocenters. The summed E-state index contributed by atoms with van der Waals surface area (Å²) in [6.07, 6.45) is -3.44. The lowest BCUT2D eigenvalue weighted by Gasteiger charge is -2.14. The van der Waals surface area contributed by atoms with Gasteiger partial charge in [0.1, 0.15) is 0 Å². The zero-order valence-electron chi connectivity index (χ0n) is 12.8. The van der Waals surface area contributed by atoms with Gasteiger partial charge >= 0.3 is 6.18 Å². The van der Waals surface area contributed by atoms with E-state index in [1.165, 1.54) is 18.2 Å². The highest BCUT2D eigenvalue weighted by Crippen LogP contribution is 2.34. The van der Waals surface area contributed by atoms with E-state index in [0.29, 0.717) is 6.54 Å². The summed E-state index contributed by atoms with van der Waals surface area (Å²) < 4.78 is 38.3. The zero-order valence-corrected chi connectivity index (χ0v) is 12.8. The van der Waals surface area contributed by atoms with Crippen LogP contribution in [-0.4, -0.2) is 44.5 Å². The molecule has 22 heavy (non-hydrogen) atoms. The number of alkyl halides is 3. The number of nitrogens with zero attached hydrogens (tertiary/aromatic N) is 1. The fourth-order valence-corrected chi connectivity index (χ4v) is 1.91. The van der Waals surface area contributed by atoms with Gasteiger partial charge in [-0.15, -0.1) is 0 Å². The molecule has 0 aromatic heterocycles. The monoisotopic (exact) mass is 317 g/mol. The van der Waals surface area contributed by atoms with Gasteiger partial charge in [-0.25, -0.2) is 0 Å². The maximum absolute atomic E-state index is 12.8. The largest absolute Gasteiger partial charge is 0.418 e. The van der Waals surface area contributed by atoms with E-state index >= 15 is 0 Å². The highest BCUT2D eigenvalue weighted by atomic mass is 19.4. The summed E-state index contributed by atoms with van der Waals surface area (Å²) in [7, 11) is 3.90. The van der Waals surface area contributed by atoms with Gasteiger partial charge in [0.2, 0.25) is 5.91 Å². The van der Waals surface area contributed by atoms with Crippen LogP contribution in [0.15, 0.2) is 24.3 Å². The topological polar surface area (TPSA) is 44.4 Å². The van der Waals surface area contributed by atoms with Crippen molar-refractivity contribution in [3.8, 4) is 0 Å². The van der Waals surface area contributed by atoms with Crippen LogP contribution in [0.5, 0.6) is 0 Å². The maximum atomic E-state index is 12.8. The lowest BCUT2D eigenvalue weighted by molar-refractivity contribution is -0.137. The van der Waals surface area contributed by atoms with E-state index in [1.807, 2.05) is 19.0 Å². The maximum Gasteiger partial charge on any atom is 0.418 e. The normalized spacial score (nSPS) is 11.5. The van der Waals surface area contributed by atoms with Crippen LogP contribution in [0.3, 0.4) is 0 Å². The predicted octanol–water partition coefficient (Wildman–Crippen LogP) is 2.58. The van der Waals surface area contributed by atoms with Crippen LogP contribution in [0.4, 0.5) is 18.9 Å². The molecule has 0 bridgehead atoms. The first kappa shape index (κ1) is 18.3. The molecule has 1 aromatic rings. The SMILES string of the molecule is CN(C)CCCNC(=O)CCNc1ccccc1C(F)(F)F. The Kier molecular flexibility index (Phi) is 7.17. The molecule has 0 fully saturated rings. The van der Waals surface area contributed by atoms with Crippen molar-refractivity contribution in [2.45, 2.75) is 19.0 Å².